The number of pyridine rings is 1. The Morgan fingerprint density at radius 2 is 1.62 bits per heavy atom. The van der Waals surface area contributed by atoms with Crippen LogP contribution < -0.4 is 10.6 Å². The first kappa shape index (κ1) is 18.9. The molecule has 5 heteroatoms. The summed E-state index contributed by atoms with van der Waals surface area (Å²) >= 11 is 0. The van der Waals surface area contributed by atoms with E-state index in [-0.39, 0.29) is 11.8 Å². The molecule has 5 nitrogen and oxygen atoms in total. The maximum atomic E-state index is 12.4. The van der Waals surface area contributed by atoms with E-state index in [0.29, 0.717) is 23.7 Å². The van der Waals surface area contributed by atoms with E-state index in [4.69, 9.17) is 0 Å². The first-order valence-electron chi connectivity index (χ1n) is 9.79. The molecule has 1 aromatic heterocycles. The number of nitrogens with zero attached hydrogens (tertiary/aromatic N) is 1. The third-order valence-electron chi connectivity index (χ3n) is 5.07. The first-order valence-corrected chi connectivity index (χ1v) is 9.79. The van der Waals surface area contributed by atoms with Gasteiger partial charge in [0.1, 0.15) is 0 Å². The molecular formula is C24H23N3O2. The molecule has 2 aromatic carbocycles. The lowest BCUT2D eigenvalue weighted by molar-refractivity contribution is 0.0943. The van der Waals surface area contributed by atoms with Gasteiger partial charge in [-0.1, -0.05) is 18.2 Å². The summed E-state index contributed by atoms with van der Waals surface area (Å²) in [6, 6.07) is 17.3. The highest BCUT2D eigenvalue weighted by molar-refractivity contribution is 5.97. The Labute approximate surface area is 170 Å². The molecule has 1 heterocycles. The lowest BCUT2D eigenvalue weighted by atomic mass is 9.97. The number of hydrogen-bond donors (Lipinski definition) is 2. The van der Waals surface area contributed by atoms with Crippen LogP contribution in [0.15, 0.2) is 67.0 Å². The molecule has 0 unspecified atom stereocenters. The lowest BCUT2D eigenvalue weighted by Crippen LogP contribution is -2.25. The maximum absolute atomic E-state index is 12.4. The Kier molecular flexibility index (Phi) is 5.38. The Morgan fingerprint density at radius 3 is 2.31 bits per heavy atom. The number of benzene rings is 2. The minimum absolute atomic E-state index is 0.0270. The Bertz CT molecular complexity index is 1030. The summed E-state index contributed by atoms with van der Waals surface area (Å²) in [7, 11) is 0. The van der Waals surface area contributed by atoms with Crippen LogP contribution in [-0.4, -0.2) is 22.8 Å². The highest BCUT2D eigenvalue weighted by Gasteiger charge is 2.24. The predicted octanol–water partition coefficient (Wildman–Crippen LogP) is 3.88. The Hall–Kier alpha value is -3.47. The number of carbonyl (C=O) groups excluding carboxylic acids is 2. The van der Waals surface area contributed by atoms with Crippen molar-refractivity contribution in [1.82, 2.24) is 15.6 Å². The van der Waals surface area contributed by atoms with Gasteiger partial charge in [0.25, 0.3) is 11.8 Å². The molecule has 4 rings (SSSR count). The van der Waals surface area contributed by atoms with E-state index in [9.17, 15) is 9.59 Å². The van der Waals surface area contributed by atoms with E-state index in [0.717, 1.165) is 35.1 Å². The molecule has 0 radical (unpaired) electrons. The van der Waals surface area contributed by atoms with Crippen LogP contribution in [0.2, 0.25) is 0 Å². The Morgan fingerprint density at radius 1 is 0.931 bits per heavy atom. The van der Waals surface area contributed by atoms with Gasteiger partial charge >= 0.3 is 0 Å². The molecule has 1 aliphatic carbocycles. The van der Waals surface area contributed by atoms with E-state index < -0.39 is 0 Å². The van der Waals surface area contributed by atoms with Crippen molar-refractivity contribution < 1.29 is 9.59 Å². The smallest absolute Gasteiger partial charge is 0.251 e. The second kappa shape index (κ2) is 8.27. The number of amides is 2. The molecule has 0 aliphatic heterocycles. The minimum Gasteiger partial charge on any atom is -0.349 e. The molecule has 146 valence electrons. The van der Waals surface area contributed by atoms with Crippen LogP contribution >= 0.6 is 0 Å². The van der Waals surface area contributed by atoms with E-state index in [1.165, 1.54) is 0 Å². The van der Waals surface area contributed by atoms with Gasteiger partial charge in [-0.25, -0.2) is 0 Å². The third-order valence-corrected chi connectivity index (χ3v) is 5.07. The summed E-state index contributed by atoms with van der Waals surface area (Å²) in [5.41, 5.74) is 5.33. The van der Waals surface area contributed by atoms with Crippen molar-refractivity contribution in [2.75, 3.05) is 0 Å². The molecule has 2 N–H and O–H groups in total. The first-order chi connectivity index (χ1) is 14.1. The van der Waals surface area contributed by atoms with Crippen LogP contribution in [0.25, 0.3) is 11.1 Å². The average molecular weight is 385 g/mol. The van der Waals surface area contributed by atoms with Crippen molar-refractivity contribution in [2.24, 2.45) is 0 Å². The third kappa shape index (κ3) is 4.69. The van der Waals surface area contributed by atoms with Gasteiger partial charge in [-0.05, 0) is 78.4 Å². The van der Waals surface area contributed by atoms with E-state index in [2.05, 4.69) is 15.6 Å². The largest absolute Gasteiger partial charge is 0.349 e. The molecule has 3 aromatic rings. The fraction of sp³-hybridized carbons (Fsp3) is 0.208. The van der Waals surface area contributed by atoms with E-state index >= 15 is 0 Å². The predicted molar refractivity (Wildman–Crippen MR) is 113 cm³/mol. The highest BCUT2D eigenvalue weighted by Crippen LogP contribution is 2.26. The normalized spacial score (nSPS) is 13.0. The monoisotopic (exact) mass is 385 g/mol. The number of nitrogens with one attached hydrogen (secondary N) is 2. The molecular weight excluding hydrogens is 362 g/mol. The quantitative estimate of drug-likeness (QED) is 0.676. The maximum Gasteiger partial charge on any atom is 0.251 e. The topological polar surface area (TPSA) is 71.1 Å². The van der Waals surface area contributed by atoms with Crippen LogP contribution in [0.1, 0.15) is 44.7 Å². The number of hydrogen-bond acceptors (Lipinski definition) is 3. The van der Waals surface area contributed by atoms with Crippen molar-refractivity contribution in [3.63, 3.8) is 0 Å². The summed E-state index contributed by atoms with van der Waals surface area (Å²) in [5, 5.41) is 5.94. The van der Waals surface area contributed by atoms with Gasteiger partial charge in [0.15, 0.2) is 0 Å². The minimum atomic E-state index is -0.123. The molecule has 29 heavy (non-hydrogen) atoms. The van der Waals surface area contributed by atoms with E-state index in [1.807, 2.05) is 61.5 Å². The Balaban J connectivity index is 1.47. The summed E-state index contributed by atoms with van der Waals surface area (Å²) in [6.45, 7) is 2.48. The fourth-order valence-electron chi connectivity index (χ4n) is 3.16. The molecule has 1 fully saturated rings. The second-order valence-corrected chi connectivity index (χ2v) is 7.39. The van der Waals surface area contributed by atoms with Crippen LogP contribution in [0.5, 0.6) is 0 Å². The van der Waals surface area contributed by atoms with Gasteiger partial charge in [-0.3, -0.25) is 14.6 Å². The molecule has 1 saturated carbocycles. The second-order valence-electron chi connectivity index (χ2n) is 7.39. The zero-order valence-electron chi connectivity index (χ0n) is 16.3. The number of carbonyl (C=O) groups is 2. The zero-order chi connectivity index (χ0) is 20.2. The SMILES string of the molecule is Cc1ccc(C(=O)NC2CC2)cc1-c1ccc(C(=O)NCc2ccncc2)cc1. The summed E-state index contributed by atoms with van der Waals surface area (Å²) in [4.78, 5) is 28.7. The van der Waals surface area contributed by atoms with Crippen molar-refractivity contribution >= 4 is 11.8 Å². The molecule has 2 amide bonds. The average Bonchev–Trinajstić information content (AvgIpc) is 3.57. The van der Waals surface area contributed by atoms with Gasteiger partial charge in [-0.15, -0.1) is 0 Å². The highest BCUT2D eigenvalue weighted by atomic mass is 16.2. The van der Waals surface area contributed by atoms with Crippen molar-refractivity contribution in [3.05, 3.63) is 89.2 Å². The number of aryl methyl sites for hydroxylation is 1. The zero-order valence-corrected chi connectivity index (χ0v) is 16.3. The lowest BCUT2D eigenvalue weighted by Gasteiger charge is -2.11. The summed E-state index contributed by atoms with van der Waals surface area (Å²) in [5.74, 6) is -0.150. The van der Waals surface area contributed by atoms with Crippen LogP contribution in [0.3, 0.4) is 0 Å². The summed E-state index contributed by atoms with van der Waals surface area (Å²) < 4.78 is 0. The van der Waals surface area contributed by atoms with Gasteiger partial charge in [0.05, 0.1) is 0 Å². The van der Waals surface area contributed by atoms with Crippen molar-refractivity contribution in [1.29, 1.82) is 0 Å². The van der Waals surface area contributed by atoms with Gasteiger partial charge in [0.2, 0.25) is 0 Å². The fourth-order valence-corrected chi connectivity index (χ4v) is 3.16. The van der Waals surface area contributed by atoms with Crippen molar-refractivity contribution in [3.8, 4) is 11.1 Å². The number of rotatable bonds is 6. The molecule has 0 bridgehead atoms. The summed E-state index contributed by atoms with van der Waals surface area (Å²) in [6.07, 6.45) is 5.54. The standard InChI is InChI=1S/C24H23N3O2/c1-16-2-3-20(24(29)27-21-8-9-21)14-22(16)18-4-6-19(7-5-18)23(28)26-15-17-10-12-25-13-11-17/h2-7,10-14,21H,8-9,15H2,1H3,(H,26,28)(H,27,29). The van der Waals surface area contributed by atoms with Crippen LogP contribution in [-0.2, 0) is 6.54 Å². The molecule has 0 atom stereocenters. The van der Waals surface area contributed by atoms with E-state index in [1.54, 1.807) is 12.4 Å². The molecule has 0 spiro atoms. The van der Waals surface area contributed by atoms with Crippen LogP contribution in [0, 0.1) is 6.92 Å². The molecule has 0 saturated heterocycles. The van der Waals surface area contributed by atoms with Crippen LogP contribution in [0.4, 0.5) is 0 Å². The number of aromatic nitrogens is 1. The van der Waals surface area contributed by atoms with Crippen molar-refractivity contribution in [2.45, 2.75) is 32.4 Å². The molecule has 1 aliphatic rings. The van der Waals surface area contributed by atoms with Gasteiger partial charge in [-0.2, -0.15) is 0 Å². The van der Waals surface area contributed by atoms with Gasteiger partial charge in [0, 0.05) is 36.1 Å². The van der Waals surface area contributed by atoms with Gasteiger partial charge < -0.3 is 10.6 Å².